The fraction of sp³-hybridized carbons (Fsp3) is 0.286. The molecule has 0 unspecified atom stereocenters. The third kappa shape index (κ3) is 4.92. The number of hydrogen-bond donors (Lipinski definition) is 2. The Bertz CT molecular complexity index is 1120. The van der Waals surface area contributed by atoms with E-state index in [9.17, 15) is 0 Å². The lowest BCUT2D eigenvalue weighted by molar-refractivity contribution is 0.597. The molecule has 3 aromatic rings. The first-order chi connectivity index (χ1) is 16.2. The molecule has 166 valence electrons. The minimum Gasteiger partial charge on any atom is -0.456 e. The third-order valence-corrected chi connectivity index (χ3v) is 6.39. The van der Waals surface area contributed by atoms with Crippen molar-refractivity contribution in [1.29, 1.82) is 10.8 Å². The molecule has 2 saturated carbocycles. The van der Waals surface area contributed by atoms with E-state index in [1.807, 2.05) is 60.7 Å². The van der Waals surface area contributed by atoms with Crippen molar-refractivity contribution in [2.75, 3.05) is 0 Å². The van der Waals surface area contributed by atoms with Crippen molar-refractivity contribution in [3.63, 3.8) is 0 Å². The van der Waals surface area contributed by atoms with Crippen LogP contribution in [0.2, 0.25) is 0 Å². The standard InChI is InChI=1S/C28H28N4O/c29-27(31-23-5-1-2-6-23)21-13-9-19(10-14-21)25-17-18-26(33-25)20-11-15-22(16-12-20)28(30)32-24-7-3-4-8-24/h9-18,29-30H,1-8H2. The van der Waals surface area contributed by atoms with Crippen LogP contribution in [0.25, 0.3) is 22.6 Å². The molecule has 2 aliphatic carbocycles. The predicted molar refractivity (Wildman–Crippen MR) is 135 cm³/mol. The van der Waals surface area contributed by atoms with E-state index in [4.69, 9.17) is 15.2 Å². The summed E-state index contributed by atoms with van der Waals surface area (Å²) >= 11 is 0. The van der Waals surface area contributed by atoms with Crippen LogP contribution in [-0.4, -0.2) is 23.1 Å². The molecule has 1 aromatic heterocycles. The fourth-order valence-electron chi connectivity index (χ4n) is 4.47. The number of aliphatic imine (C=N–C) groups is 2. The van der Waals surface area contributed by atoms with Crippen LogP contribution < -0.4 is 0 Å². The molecule has 2 aromatic carbocycles. The molecule has 0 spiro atoms. The SMILES string of the molecule is N=C(N=C1CCCC1)c1ccc(-c2ccc(-c3ccc(C(=N)N=C4CCCC4)cc3)o2)cc1. The summed E-state index contributed by atoms with van der Waals surface area (Å²) in [5.74, 6) is 2.24. The van der Waals surface area contributed by atoms with Gasteiger partial charge in [-0.1, -0.05) is 48.5 Å². The average molecular weight is 437 g/mol. The maximum Gasteiger partial charge on any atom is 0.151 e. The van der Waals surface area contributed by atoms with Gasteiger partial charge in [-0.3, -0.25) is 10.8 Å². The molecule has 0 saturated heterocycles. The number of furan rings is 1. The highest BCUT2D eigenvalue weighted by molar-refractivity contribution is 6.06. The van der Waals surface area contributed by atoms with Gasteiger partial charge in [0.15, 0.2) is 11.7 Å². The molecule has 0 bridgehead atoms. The second-order valence-electron chi connectivity index (χ2n) is 8.79. The maximum absolute atomic E-state index is 8.26. The summed E-state index contributed by atoms with van der Waals surface area (Å²) in [6, 6.07) is 19.6. The van der Waals surface area contributed by atoms with Gasteiger partial charge in [0.1, 0.15) is 11.5 Å². The van der Waals surface area contributed by atoms with Crippen LogP contribution in [0.15, 0.2) is 75.1 Å². The lowest BCUT2D eigenvalue weighted by Crippen LogP contribution is -2.00. The summed E-state index contributed by atoms with van der Waals surface area (Å²) < 4.78 is 6.11. The molecule has 0 radical (unpaired) electrons. The van der Waals surface area contributed by atoms with Gasteiger partial charge in [-0.25, -0.2) is 9.98 Å². The molecule has 33 heavy (non-hydrogen) atoms. The van der Waals surface area contributed by atoms with Crippen LogP contribution in [0.5, 0.6) is 0 Å². The summed E-state index contributed by atoms with van der Waals surface area (Å²) in [6.07, 6.45) is 8.83. The van der Waals surface area contributed by atoms with Crippen LogP contribution >= 0.6 is 0 Å². The lowest BCUT2D eigenvalue weighted by Gasteiger charge is -2.04. The molecule has 2 N–H and O–H groups in total. The van der Waals surface area contributed by atoms with Crippen molar-refractivity contribution in [2.45, 2.75) is 51.4 Å². The predicted octanol–water partition coefficient (Wildman–Crippen LogP) is 7.29. The van der Waals surface area contributed by atoms with E-state index < -0.39 is 0 Å². The van der Waals surface area contributed by atoms with E-state index in [1.165, 1.54) is 25.7 Å². The molecular formula is C28H28N4O. The van der Waals surface area contributed by atoms with Gasteiger partial charge in [-0.05, 0) is 63.5 Å². The molecule has 5 heteroatoms. The Balaban J connectivity index is 1.28. The zero-order valence-electron chi connectivity index (χ0n) is 18.7. The first kappa shape index (κ1) is 21.3. The quantitative estimate of drug-likeness (QED) is 0.326. The van der Waals surface area contributed by atoms with Crippen LogP contribution in [0.4, 0.5) is 0 Å². The highest BCUT2D eigenvalue weighted by Crippen LogP contribution is 2.29. The Hall–Kier alpha value is -3.60. The highest BCUT2D eigenvalue weighted by atomic mass is 16.3. The summed E-state index contributed by atoms with van der Waals surface area (Å²) in [7, 11) is 0. The second-order valence-corrected chi connectivity index (χ2v) is 8.79. The Morgan fingerprint density at radius 2 is 0.909 bits per heavy atom. The van der Waals surface area contributed by atoms with Crippen molar-refractivity contribution >= 4 is 23.1 Å². The molecule has 5 rings (SSSR count). The van der Waals surface area contributed by atoms with Gasteiger partial charge in [-0.2, -0.15) is 0 Å². The first-order valence-electron chi connectivity index (χ1n) is 11.8. The van der Waals surface area contributed by atoms with Gasteiger partial charge in [0.05, 0.1) is 0 Å². The van der Waals surface area contributed by atoms with Gasteiger partial charge in [0.2, 0.25) is 0 Å². The largest absolute Gasteiger partial charge is 0.456 e. The van der Waals surface area contributed by atoms with Crippen molar-refractivity contribution in [1.82, 2.24) is 0 Å². The average Bonchev–Trinajstić information content (AvgIpc) is 3.62. The molecule has 0 atom stereocenters. The zero-order chi connectivity index (χ0) is 22.6. The number of nitrogens with zero attached hydrogens (tertiary/aromatic N) is 2. The lowest BCUT2D eigenvalue weighted by atomic mass is 10.1. The maximum atomic E-state index is 8.26. The summed E-state index contributed by atoms with van der Waals surface area (Å²) in [4.78, 5) is 8.99. The molecule has 0 amide bonds. The Labute approximate surface area is 194 Å². The van der Waals surface area contributed by atoms with Gasteiger partial charge < -0.3 is 4.42 Å². The fourth-order valence-corrected chi connectivity index (χ4v) is 4.47. The molecule has 2 fully saturated rings. The number of hydrogen-bond acceptors (Lipinski definition) is 3. The van der Waals surface area contributed by atoms with Gasteiger partial charge in [0, 0.05) is 33.7 Å². The van der Waals surface area contributed by atoms with E-state index in [1.54, 1.807) is 0 Å². The molecular weight excluding hydrogens is 408 g/mol. The van der Waals surface area contributed by atoms with E-state index in [-0.39, 0.29) is 0 Å². The smallest absolute Gasteiger partial charge is 0.151 e. The highest BCUT2D eigenvalue weighted by Gasteiger charge is 2.12. The normalized spacial score (nSPS) is 15.6. The minimum absolute atomic E-state index is 0.335. The van der Waals surface area contributed by atoms with E-state index in [0.29, 0.717) is 11.7 Å². The molecule has 1 heterocycles. The number of benzene rings is 2. The second kappa shape index (κ2) is 9.49. The van der Waals surface area contributed by atoms with Crippen molar-refractivity contribution in [2.24, 2.45) is 9.98 Å². The number of nitrogens with one attached hydrogen (secondary N) is 2. The number of amidine groups is 2. The topological polar surface area (TPSA) is 85.6 Å². The van der Waals surface area contributed by atoms with Crippen molar-refractivity contribution in [3.05, 3.63) is 71.8 Å². The summed E-state index contributed by atoms with van der Waals surface area (Å²) in [5.41, 5.74) is 5.88. The third-order valence-electron chi connectivity index (χ3n) is 6.39. The van der Waals surface area contributed by atoms with Gasteiger partial charge >= 0.3 is 0 Å². The van der Waals surface area contributed by atoms with Crippen LogP contribution in [0, 0.1) is 10.8 Å². The Kier molecular flexibility index (Phi) is 6.11. The van der Waals surface area contributed by atoms with E-state index in [2.05, 4.69) is 9.98 Å². The molecule has 5 nitrogen and oxygen atoms in total. The summed E-state index contributed by atoms with van der Waals surface area (Å²) in [5, 5.41) is 16.5. The Morgan fingerprint density at radius 3 is 1.27 bits per heavy atom. The molecule has 2 aliphatic rings. The van der Waals surface area contributed by atoms with Crippen molar-refractivity contribution < 1.29 is 4.42 Å². The van der Waals surface area contributed by atoms with Crippen LogP contribution in [-0.2, 0) is 0 Å². The van der Waals surface area contributed by atoms with Crippen LogP contribution in [0.1, 0.15) is 62.5 Å². The van der Waals surface area contributed by atoms with Gasteiger partial charge in [0.25, 0.3) is 0 Å². The van der Waals surface area contributed by atoms with E-state index in [0.717, 1.165) is 70.9 Å². The zero-order valence-corrected chi connectivity index (χ0v) is 18.7. The first-order valence-corrected chi connectivity index (χ1v) is 11.8. The van der Waals surface area contributed by atoms with Gasteiger partial charge in [-0.15, -0.1) is 0 Å². The molecule has 0 aliphatic heterocycles. The minimum atomic E-state index is 0.335. The van der Waals surface area contributed by atoms with Crippen LogP contribution in [0.3, 0.4) is 0 Å². The number of rotatable bonds is 4. The van der Waals surface area contributed by atoms with E-state index >= 15 is 0 Å². The summed E-state index contributed by atoms with van der Waals surface area (Å²) in [6.45, 7) is 0. The monoisotopic (exact) mass is 436 g/mol. The van der Waals surface area contributed by atoms with Crippen molar-refractivity contribution in [3.8, 4) is 22.6 Å². The Morgan fingerprint density at radius 1 is 0.545 bits per heavy atom.